The molecule has 0 aromatic heterocycles. The fourth-order valence-corrected chi connectivity index (χ4v) is 3.20. The molecule has 0 spiro atoms. The zero-order valence-electron chi connectivity index (χ0n) is 13.7. The van der Waals surface area contributed by atoms with Gasteiger partial charge in [0.25, 0.3) is 0 Å². The molecular weight excluding hydrogens is 338 g/mol. The van der Waals surface area contributed by atoms with Gasteiger partial charge in [-0.2, -0.15) is 0 Å². The highest BCUT2D eigenvalue weighted by molar-refractivity contribution is 9.10. The van der Waals surface area contributed by atoms with Gasteiger partial charge in [0.2, 0.25) is 0 Å². The third kappa shape index (κ3) is 3.58. The zero-order chi connectivity index (χ0) is 16.5. The average molecular weight is 360 g/mol. The molecule has 3 heteroatoms. The Kier molecular flexibility index (Phi) is 4.76. The molecule has 0 bridgehead atoms. The van der Waals surface area contributed by atoms with E-state index >= 15 is 0 Å². The number of hydrogen-bond donors (Lipinski definition) is 1. The second-order valence-corrected chi connectivity index (χ2v) is 7.56. The van der Waals surface area contributed by atoms with Crippen molar-refractivity contribution in [3.63, 3.8) is 0 Å². The molecule has 0 radical (unpaired) electrons. The second-order valence-electron chi connectivity index (χ2n) is 6.64. The maximum atomic E-state index is 10.5. The molecule has 0 aliphatic rings. The number of aliphatic imine (C=N–C) groups is 1. The summed E-state index contributed by atoms with van der Waals surface area (Å²) in [7, 11) is 0. The molecule has 2 aromatic carbocycles. The first-order valence-electron chi connectivity index (χ1n) is 7.33. The number of nitrogens with zero attached hydrogens (tertiary/aromatic N) is 1. The van der Waals surface area contributed by atoms with Gasteiger partial charge in [0, 0.05) is 16.3 Å². The van der Waals surface area contributed by atoms with Gasteiger partial charge >= 0.3 is 0 Å². The molecule has 2 nitrogen and oxygen atoms in total. The molecule has 2 aromatic rings. The Morgan fingerprint density at radius 1 is 1.09 bits per heavy atom. The van der Waals surface area contributed by atoms with E-state index in [-0.39, 0.29) is 5.41 Å². The number of phenolic OH excluding ortho intramolecular Hbond substituents is 1. The van der Waals surface area contributed by atoms with E-state index in [1.807, 2.05) is 44.2 Å². The number of aryl methyl sites for hydroxylation is 2. The van der Waals surface area contributed by atoms with Crippen LogP contribution in [0.5, 0.6) is 5.75 Å². The summed E-state index contributed by atoms with van der Waals surface area (Å²) in [5.74, 6) is 0.311. The van der Waals surface area contributed by atoms with Crippen LogP contribution in [0.4, 0.5) is 5.69 Å². The topological polar surface area (TPSA) is 32.6 Å². The molecule has 22 heavy (non-hydrogen) atoms. The van der Waals surface area contributed by atoms with Gasteiger partial charge in [-0.25, -0.2) is 0 Å². The van der Waals surface area contributed by atoms with Crippen LogP contribution in [0.1, 0.15) is 43.0 Å². The molecule has 0 heterocycles. The summed E-state index contributed by atoms with van der Waals surface area (Å²) in [5.41, 5.74) is 4.74. The van der Waals surface area contributed by atoms with Crippen molar-refractivity contribution in [3.05, 3.63) is 57.1 Å². The highest BCUT2D eigenvalue weighted by Crippen LogP contribution is 2.33. The van der Waals surface area contributed by atoms with Crippen molar-refractivity contribution >= 4 is 27.8 Å². The Bertz CT molecular complexity index is 704. The SMILES string of the molecule is Cc1cc(Br)cc(C)c1/N=C/c1cccc(C(C)(C)C)c1O. The predicted octanol–water partition coefficient (Wildman–Crippen LogP) is 5.82. The lowest BCUT2D eigenvalue weighted by Crippen LogP contribution is -2.11. The van der Waals surface area contributed by atoms with E-state index in [4.69, 9.17) is 0 Å². The summed E-state index contributed by atoms with van der Waals surface area (Å²) in [4.78, 5) is 4.59. The predicted molar refractivity (Wildman–Crippen MR) is 97.7 cm³/mol. The van der Waals surface area contributed by atoms with Gasteiger partial charge in [-0.05, 0) is 54.2 Å². The lowest BCUT2D eigenvalue weighted by molar-refractivity contribution is 0.446. The number of para-hydroxylation sites is 1. The van der Waals surface area contributed by atoms with Gasteiger partial charge in [-0.1, -0.05) is 48.8 Å². The first-order chi connectivity index (χ1) is 10.2. The van der Waals surface area contributed by atoms with Gasteiger partial charge in [0.05, 0.1) is 5.69 Å². The Labute approximate surface area is 141 Å². The Balaban J connectivity index is 2.44. The van der Waals surface area contributed by atoms with Crippen LogP contribution in [0.2, 0.25) is 0 Å². The minimum absolute atomic E-state index is 0.0998. The molecule has 0 saturated heterocycles. The van der Waals surface area contributed by atoms with Crippen molar-refractivity contribution in [2.75, 3.05) is 0 Å². The minimum atomic E-state index is -0.0998. The molecule has 0 aliphatic carbocycles. The van der Waals surface area contributed by atoms with E-state index in [0.717, 1.165) is 32.4 Å². The number of hydrogen-bond acceptors (Lipinski definition) is 2. The summed E-state index contributed by atoms with van der Waals surface area (Å²) < 4.78 is 1.05. The molecule has 0 fully saturated rings. The van der Waals surface area contributed by atoms with Crippen molar-refractivity contribution < 1.29 is 5.11 Å². The lowest BCUT2D eigenvalue weighted by atomic mass is 9.85. The largest absolute Gasteiger partial charge is 0.507 e. The monoisotopic (exact) mass is 359 g/mol. The quantitative estimate of drug-likeness (QED) is 0.673. The van der Waals surface area contributed by atoms with E-state index in [0.29, 0.717) is 5.75 Å². The fourth-order valence-electron chi connectivity index (χ4n) is 2.51. The van der Waals surface area contributed by atoms with Crippen molar-refractivity contribution in [2.45, 2.75) is 40.0 Å². The highest BCUT2D eigenvalue weighted by Gasteiger charge is 2.19. The van der Waals surface area contributed by atoms with Crippen LogP contribution >= 0.6 is 15.9 Å². The Morgan fingerprint density at radius 2 is 1.68 bits per heavy atom. The summed E-state index contributed by atoms with van der Waals surface area (Å²) >= 11 is 3.49. The zero-order valence-corrected chi connectivity index (χ0v) is 15.3. The van der Waals surface area contributed by atoms with Crippen LogP contribution in [-0.4, -0.2) is 11.3 Å². The molecule has 0 amide bonds. The number of benzene rings is 2. The standard InChI is InChI=1S/C19H22BrNO/c1-12-9-15(20)10-13(2)17(12)21-11-14-7-6-8-16(18(14)22)19(3,4)5/h6-11,22H,1-5H3/b21-11+. The Morgan fingerprint density at radius 3 is 2.23 bits per heavy atom. The number of phenols is 1. The van der Waals surface area contributed by atoms with Crippen LogP contribution < -0.4 is 0 Å². The Hall–Kier alpha value is -1.61. The third-order valence-corrected chi connectivity index (χ3v) is 4.12. The maximum absolute atomic E-state index is 10.5. The van der Waals surface area contributed by atoms with Gasteiger partial charge in [-0.3, -0.25) is 4.99 Å². The molecule has 0 saturated carbocycles. The van der Waals surface area contributed by atoms with Crippen LogP contribution in [-0.2, 0) is 5.41 Å². The summed E-state index contributed by atoms with van der Waals surface area (Å²) in [6.45, 7) is 10.3. The minimum Gasteiger partial charge on any atom is -0.507 e. The molecule has 0 atom stereocenters. The van der Waals surface area contributed by atoms with Gasteiger partial charge in [0.1, 0.15) is 5.75 Å². The van der Waals surface area contributed by atoms with E-state index < -0.39 is 0 Å². The van der Waals surface area contributed by atoms with E-state index in [1.54, 1.807) is 6.21 Å². The molecular formula is C19H22BrNO. The van der Waals surface area contributed by atoms with Crippen molar-refractivity contribution in [3.8, 4) is 5.75 Å². The van der Waals surface area contributed by atoms with Crippen molar-refractivity contribution in [2.24, 2.45) is 4.99 Å². The van der Waals surface area contributed by atoms with Crippen LogP contribution in [0, 0.1) is 13.8 Å². The summed E-state index contributed by atoms with van der Waals surface area (Å²) in [5, 5.41) is 10.5. The molecule has 1 N–H and O–H groups in total. The van der Waals surface area contributed by atoms with Crippen LogP contribution in [0.15, 0.2) is 39.8 Å². The first-order valence-corrected chi connectivity index (χ1v) is 8.12. The molecule has 116 valence electrons. The van der Waals surface area contributed by atoms with Gasteiger partial charge < -0.3 is 5.11 Å². The highest BCUT2D eigenvalue weighted by atomic mass is 79.9. The fraction of sp³-hybridized carbons (Fsp3) is 0.316. The van der Waals surface area contributed by atoms with Crippen molar-refractivity contribution in [1.29, 1.82) is 0 Å². The van der Waals surface area contributed by atoms with Crippen LogP contribution in [0.25, 0.3) is 0 Å². The second kappa shape index (κ2) is 6.25. The molecule has 2 rings (SSSR count). The van der Waals surface area contributed by atoms with Gasteiger partial charge in [-0.15, -0.1) is 0 Å². The maximum Gasteiger partial charge on any atom is 0.128 e. The number of halogens is 1. The normalized spacial score (nSPS) is 12.1. The van der Waals surface area contributed by atoms with E-state index in [2.05, 4.69) is 41.7 Å². The number of rotatable bonds is 2. The number of aromatic hydroxyl groups is 1. The van der Waals surface area contributed by atoms with Crippen molar-refractivity contribution in [1.82, 2.24) is 0 Å². The molecule has 0 unspecified atom stereocenters. The molecule has 0 aliphatic heterocycles. The van der Waals surface area contributed by atoms with Gasteiger partial charge in [0.15, 0.2) is 0 Å². The van der Waals surface area contributed by atoms with E-state index in [1.165, 1.54) is 0 Å². The third-order valence-electron chi connectivity index (χ3n) is 3.66. The smallest absolute Gasteiger partial charge is 0.128 e. The lowest BCUT2D eigenvalue weighted by Gasteiger charge is -2.21. The average Bonchev–Trinajstić information content (AvgIpc) is 2.37. The first kappa shape index (κ1) is 16.8. The summed E-state index contributed by atoms with van der Waals surface area (Å²) in [6.07, 6.45) is 1.74. The van der Waals surface area contributed by atoms with Crippen LogP contribution in [0.3, 0.4) is 0 Å². The van der Waals surface area contributed by atoms with E-state index in [9.17, 15) is 5.11 Å². The summed E-state index contributed by atoms with van der Waals surface area (Å²) in [6, 6.07) is 9.90.